The molecule has 128 valence electrons. The van der Waals surface area contributed by atoms with E-state index in [2.05, 4.69) is 10.6 Å². The van der Waals surface area contributed by atoms with Gasteiger partial charge in [-0.1, -0.05) is 31.4 Å². The van der Waals surface area contributed by atoms with E-state index in [1.807, 2.05) is 0 Å². The summed E-state index contributed by atoms with van der Waals surface area (Å²) in [6, 6.07) is 6.97. The number of hydrogen-bond donors (Lipinski definition) is 3. The molecule has 1 aromatic rings. The molecule has 24 heavy (non-hydrogen) atoms. The van der Waals surface area contributed by atoms with Crippen LogP contribution in [0.4, 0.5) is 5.69 Å². The minimum Gasteiger partial charge on any atom is -0.480 e. The van der Waals surface area contributed by atoms with E-state index in [-0.39, 0.29) is 6.42 Å². The second kappa shape index (κ2) is 6.51. The van der Waals surface area contributed by atoms with Gasteiger partial charge in [0.25, 0.3) is 5.91 Å². The van der Waals surface area contributed by atoms with Gasteiger partial charge >= 0.3 is 5.97 Å². The maximum absolute atomic E-state index is 12.3. The molecule has 0 aromatic heterocycles. The molecule has 3 N–H and O–H groups in total. The molecule has 1 fully saturated rings. The van der Waals surface area contributed by atoms with Crippen molar-refractivity contribution in [2.75, 3.05) is 5.32 Å². The standard InChI is InChI=1S/C17H20N2O5/c20-14(19-17(16(22)23)8-4-1-5-9-17)10-13-15(21)18-11-6-2-3-7-12(11)24-13/h2-3,6-7,13H,1,4-5,8-10H2,(H,18,21)(H,19,20)(H,22,23). The minimum absolute atomic E-state index is 0.213. The van der Waals surface area contributed by atoms with Gasteiger partial charge in [0.05, 0.1) is 12.1 Å². The van der Waals surface area contributed by atoms with Crippen molar-refractivity contribution in [1.82, 2.24) is 5.32 Å². The van der Waals surface area contributed by atoms with E-state index in [0.29, 0.717) is 24.3 Å². The van der Waals surface area contributed by atoms with Gasteiger partial charge in [0.15, 0.2) is 6.10 Å². The number of fused-ring (bicyclic) bond motifs is 1. The molecule has 0 spiro atoms. The molecule has 0 saturated heterocycles. The van der Waals surface area contributed by atoms with Crippen molar-refractivity contribution in [2.45, 2.75) is 50.2 Å². The largest absolute Gasteiger partial charge is 0.480 e. The van der Waals surface area contributed by atoms with E-state index < -0.39 is 29.4 Å². The number of carbonyl (C=O) groups is 3. The number of rotatable bonds is 4. The van der Waals surface area contributed by atoms with Crippen molar-refractivity contribution in [3.8, 4) is 5.75 Å². The third-order valence-corrected chi connectivity index (χ3v) is 4.57. The number of hydrogen-bond acceptors (Lipinski definition) is 4. The first-order chi connectivity index (χ1) is 11.5. The van der Waals surface area contributed by atoms with Crippen molar-refractivity contribution < 1.29 is 24.2 Å². The van der Waals surface area contributed by atoms with Gasteiger partial charge in [0, 0.05) is 0 Å². The van der Waals surface area contributed by atoms with Crippen LogP contribution in [0.3, 0.4) is 0 Å². The normalized spacial score (nSPS) is 21.8. The average Bonchev–Trinajstić information content (AvgIpc) is 2.56. The van der Waals surface area contributed by atoms with Crippen LogP contribution in [0.5, 0.6) is 5.75 Å². The van der Waals surface area contributed by atoms with E-state index in [0.717, 1.165) is 19.3 Å². The van der Waals surface area contributed by atoms with Crippen molar-refractivity contribution in [1.29, 1.82) is 0 Å². The molecule has 1 aliphatic heterocycles. The highest BCUT2D eigenvalue weighted by Gasteiger charge is 2.42. The number of nitrogens with one attached hydrogen (secondary N) is 2. The lowest BCUT2D eigenvalue weighted by atomic mass is 9.81. The molecule has 3 rings (SSSR count). The molecule has 1 unspecified atom stereocenters. The molecule has 1 saturated carbocycles. The van der Waals surface area contributed by atoms with Gasteiger partial charge in [-0.05, 0) is 25.0 Å². The second-order valence-electron chi connectivity index (χ2n) is 6.29. The van der Waals surface area contributed by atoms with Crippen LogP contribution in [0.1, 0.15) is 38.5 Å². The van der Waals surface area contributed by atoms with Crippen molar-refractivity contribution in [3.05, 3.63) is 24.3 Å². The maximum atomic E-state index is 12.3. The van der Waals surface area contributed by atoms with Crippen molar-refractivity contribution in [3.63, 3.8) is 0 Å². The lowest BCUT2D eigenvalue weighted by molar-refractivity contribution is -0.149. The number of ether oxygens (including phenoxy) is 1. The summed E-state index contributed by atoms with van der Waals surface area (Å²) in [6.07, 6.45) is 2.14. The van der Waals surface area contributed by atoms with E-state index in [9.17, 15) is 19.5 Å². The Morgan fingerprint density at radius 1 is 1.25 bits per heavy atom. The molecule has 2 amide bonds. The first-order valence-electron chi connectivity index (χ1n) is 8.11. The Hall–Kier alpha value is -2.57. The Bertz CT molecular complexity index is 667. The Kier molecular flexibility index (Phi) is 4.42. The van der Waals surface area contributed by atoms with Gasteiger partial charge in [-0.15, -0.1) is 0 Å². The SMILES string of the molecule is O=C(CC1Oc2ccccc2NC1=O)NC1(C(=O)O)CCCCC1. The molecule has 0 radical (unpaired) electrons. The quantitative estimate of drug-likeness (QED) is 0.778. The number of aliphatic carboxylic acids is 1. The Morgan fingerprint density at radius 2 is 1.96 bits per heavy atom. The predicted octanol–water partition coefficient (Wildman–Crippen LogP) is 1.68. The summed E-state index contributed by atoms with van der Waals surface area (Å²) in [7, 11) is 0. The second-order valence-corrected chi connectivity index (χ2v) is 6.29. The zero-order valence-corrected chi connectivity index (χ0v) is 13.2. The molecular formula is C17H20N2O5. The van der Waals surface area contributed by atoms with Crippen LogP contribution in [0.2, 0.25) is 0 Å². The van der Waals surface area contributed by atoms with Crippen LogP contribution in [-0.4, -0.2) is 34.5 Å². The molecule has 1 atom stereocenters. The molecule has 1 heterocycles. The number of carboxylic acids is 1. The van der Waals surface area contributed by atoms with Crippen molar-refractivity contribution in [2.24, 2.45) is 0 Å². The van der Waals surface area contributed by atoms with Gasteiger partial charge < -0.3 is 20.5 Å². The topological polar surface area (TPSA) is 105 Å². The lowest BCUT2D eigenvalue weighted by Crippen LogP contribution is -2.56. The highest BCUT2D eigenvalue weighted by atomic mass is 16.5. The monoisotopic (exact) mass is 332 g/mol. The van der Waals surface area contributed by atoms with Crippen LogP contribution in [0, 0.1) is 0 Å². The van der Waals surface area contributed by atoms with Gasteiger partial charge in [0.2, 0.25) is 5.91 Å². The number of anilines is 1. The number of benzene rings is 1. The molecule has 1 aromatic carbocycles. The molecule has 0 bridgehead atoms. The first kappa shape index (κ1) is 16.3. The smallest absolute Gasteiger partial charge is 0.329 e. The van der Waals surface area contributed by atoms with Gasteiger partial charge in [-0.25, -0.2) is 4.79 Å². The van der Waals surface area contributed by atoms with Crippen LogP contribution in [-0.2, 0) is 14.4 Å². The third kappa shape index (κ3) is 3.20. The van der Waals surface area contributed by atoms with Crippen LogP contribution in [0.15, 0.2) is 24.3 Å². The third-order valence-electron chi connectivity index (χ3n) is 4.57. The predicted molar refractivity (Wildman–Crippen MR) is 85.7 cm³/mol. The summed E-state index contributed by atoms with van der Waals surface area (Å²) >= 11 is 0. The highest BCUT2D eigenvalue weighted by Crippen LogP contribution is 2.31. The fourth-order valence-electron chi connectivity index (χ4n) is 3.26. The van der Waals surface area contributed by atoms with Gasteiger partial charge in [-0.2, -0.15) is 0 Å². The molecule has 1 aliphatic carbocycles. The summed E-state index contributed by atoms with van der Waals surface area (Å²) in [4.78, 5) is 36.0. The minimum atomic E-state index is -1.22. The van der Waals surface area contributed by atoms with Crippen molar-refractivity contribution >= 4 is 23.5 Å². The first-order valence-corrected chi connectivity index (χ1v) is 8.11. The lowest BCUT2D eigenvalue weighted by Gasteiger charge is -2.34. The zero-order chi connectivity index (χ0) is 17.2. The molecular weight excluding hydrogens is 312 g/mol. The van der Waals surface area contributed by atoms with E-state index in [1.54, 1.807) is 24.3 Å². The van der Waals surface area contributed by atoms with Crippen LogP contribution < -0.4 is 15.4 Å². The summed E-state index contributed by atoms with van der Waals surface area (Å²) in [5, 5.41) is 14.8. The maximum Gasteiger partial charge on any atom is 0.329 e. The number of carboxylic acid groups (broad SMARTS) is 1. The molecule has 7 heteroatoms. The Labute approximate surface area is 139 Å². The van der Waals surface area contributed by atoms with Gasteiger partial charge in [0.1, 0.15) is 11.3 Å². The van der Waals surface area contributed by atoms with E-state index in [1.165, 1.54) is 0 Å². The molecule has 2 aliphatic rings. The average molecular weight is 332 g/mol. The number of para-hydroxylation sites is 2. The Balaban J connectivity index is 1.66. The Morgan fingerprint density at radius 3 is 2.67 bits per heavy atom. The summed E-state index contributed by atoms with van der Waals surface area (Å²) < 4.78 is 5.58. The highest BCUT2D eigenvalue weighted by molar-refractivity contribution is 6.00. The zero-order valence-electron chi connectivity index (χ0n) is 13.2. The number of carbonyl (C=O) groups excluding carboxylic acids is 2. The fraction of sp³-hybridized carbons (Fsp3) is 0.471. The van der Waals surface area contributed by atoms with Crippen LogP contribution in [0.25, 0.3) is 0 Å². The number of amides is 2. The van der Waals surface area contributed by atoms with E-state index >= 15 is 0 Å². The van der Waals surface area contributed by atoms with Crippen LogP contribution >= 0.6 is 0 Å². The summed E-state index contributed by atoms with van der Waals surface area (Å²) in [6.45, 7) is 0. The van der Waals surface area contributed by atoms with Gasteiger partial charge in [-0.3, -0.25) is 9.59 Å². The fourth-order valence-corrected chi connectivity index (χ4v) is 3.26. The van der Waals surface area contributed by atoms with E-state index in [4.69, 9.17) is 4.74 Å². The molecule has 7 nitrogen and oxygen atoms in total. The summed E-state index contributed by atoms with van der Waals surface area (Å²) in [5.74, 6) is -1.41. The summed E-state index contributed by atoms with van der Waals surface area (Å²) in [5.41, 5.74) is -0.660.